The molecule has 0 amide bonds. The largest absolute Gasteiger partial charge is 0.316 e. The lowest BCUT2D eigenvalue weighted by Crippen LogP contribution is -2.32. The van der Waals surface area contributed by atoms with Crippen LogP contribution in [0.25, 0.3) is 0 Å². The molecule has 1 N–H and O–H groups in total. The van der Waals surface area contributed by atoms with E-state index in [2.05, 4.69) is 5.32 Å². The Hall–Kier alpha value is -0.220. The maximum absolute atomic E-state index is 11.7. The van der Waals surface area contributed by atoms with E-state index in [1.54, 1.807) is 11.9 Å². The van der Waals surface area contributed by atoms with E-state index >= 15 is 0 Å². The number of nitrogens with zero attached hydrogens (tertiary/aromatic N) is 1. The van der Waals surface area contributed by atoms with Crippen LogP contribution < -0.4 is 5.32 Å². The van der Waals surface area contributed by atoms with Crippen molar-refractivity contribution in [2.75, 3.05) is 33.2 Å². The Balaban J connectivity index is 3.15. The number of likely N-dealkylation sites (N-methyl/N-ethyl adjacent to an activating group) is 2. The molecule has 0 unspecified atom stereocenters. The highest BCUT2D eigenvalue weighted by Gasteiger charge is 2.05. The van der Waals surface area contributed by atoms with Gasteiger partial charge in [-0.05, 0) is 13.6 Å². The molecule has 0 aliphatic heterocycles. The lowest BCUT2D eigenvalue weighted by molar-refractivity contribution is 0.101. The first-order valence-corrected chi connectivity index (χ1v) is 3.84. The summed E-state index contributed by atoms with van der Waals surface area (Å²) in [7, 11) is 1.70. The van der Waals surface area contributed by atoms with E-state index in [0.717, 1.165) is 13.1 Å². The zero-order chi connectivity index (χ0) is 8.69. The Morgan fingerprint density at radius 1 is 1.45 bits per heavy atom. The molecule has 0 aliphatic carbocycles. The van der Waals surface area contributed by atoms with Gasteiger partial charge in [0.2, 0.25) is 0 Å². The first-order valence-electron chi connectivity index (χ1n) is 3.84. The molecule has 11 heavy (non-hydrogen) atoms. The van der Waals surface area contributed by atoms with Crippen molar-refractivity contribution in [3.05, 3.63) is 0 Å². The van der Waals surface area contributed by atoms with Crippen molar-refractivity contribution < 1.29 is 8.78 Å². The molecule has 0 aromatic rings. The normalized spacial score (nSPS) is 11.5. The molecule has 0 rings (SSSR count). The van der Waals surface area contributed by atoms with Gasteiger partial charge in [-0.25, -0.2) is 8.78 Å². The molecule has 0 fully saturated rings. The second kappa shape index (κ2) is 6.49. The third-order valence-corrected chi connectivity index (χ3v) is 1.37. The van der Waals surface area contributed by atoms with Crippen LogP contribution in [0.2, 0.25) is 0 Å². The molecule has 0 aromatic heterocycles. The summed E-state index contributed by atoms with van der Waals surface area (Å²) >= 11 is 0. The van der Waals surface area contributed by atoms with Crippen molar-refractivity contribution in [3.63, 3.8) is 0 Å². The van der Waals surface area contributed by atoms with Crippen molar-refractivity contribution in [1.82, 2.24) is 10.2 Å². The van der Waals surface area contributed by atoms with Gasteiger partial charge in [0, 0.05) is 13.1 Å². The Bertz CT molecular complexity index is 88.5. The van der Waals surface area contributed by atoms with Gasteiger partial charge in [0.15, 0.2) is 0 Å². The van der Waals surface area contributed by atoms with Gasteiger partial charge in [-0.15, -0.1) is 0 Å². The third kappa shape index (κ3) is 7.68. The Kier molecular flexibility index (Phi) is 6.36. The second-order valence-corrected chi connectivity index (χ2v) is 2.51. The summed E-state index contributed by atoms with van der Waals surface area (Å²) in [4.78, 5) is 1.62. The van der Waals surface area contributed by atoms with Gasteiger partial charge >= 0.3 is 0 Å². The fraction of sp³-hybridized carbons (Fsp3) is 1.00. The maximum atomic E-state index is 11.7. The smallest absolute Gasteiger partial charge is 0.251 e. The molecule has 0 atom stereocenters. The quantitative estimate of drug-likeness (QED) is 0.587. The monoisotopic (exact) mass is 166 g/mol. The molecular weight excluding hydrogens is 150 g/mol. The van der Waals surface area contributed by atoms with Crippen LogP contribution in [0.5, 0.6) is 0 Å². The van der Waals surface area contributed by atoms with Gasteiger partial charge in [-0.1, -0.05) is 6.92 Å². The van der Waals surface area contributed by atoms with Crippen molar-refractivity contribution in [1.29, 1.82) is 0 Å². The minimum Gasteiger partial charge on any atom is -0.316 e. The fourth-order valence-corrected chi connectivity index (χ4v) is 0.774. The standard InChI is InChI=1S/C7H16F2N2/c1-3-10-4-5-11(2)6-7(8)9/h7,10H,3-6H2,1-2H3. The first kappa shape index (κ1) is 10.8. The number of halogens is 2. The molecule has 0 radical (unpaired) electrons. The summed E-state index contributed by atoms with van der Waals surface area (Å²) < 4.78 is 23.5. The Labute approximate surface area is 66.6 Å². The zero-order valence-corrected chi connectivity index (χ0v) is 7.11. The summed E-state index contributed by atoms with van der Waals surface area (Å²) in [6.45, 7) is 4.21. The fourth-order valence-electron chi connectivity index (χ4n) is 0.774. The van der Waals surface area contributed by atoms with Crippen LogP contribution in [0.4, 0.5) is 8.78 Å². The number of rotatable bonds is 6. The van der Waals surface area contributed by atoms with Crippen LogP contribution in [0.3, 0.4) is 0 Å². The molecule has 0 bridgehead atoms. The molecule has 0 saturated carbocycles. The van der Waals surface area contributed by atoms with Gasteiger partial charge in [0.25, 0.3) is 6.43 Å². The topological polar surface area (TPSA) is 15.3 Å². The molecular formula is C7H16F2N2. The lowest BCUT2D eigenvalue weighted by atomic mass is 10.5. The van der Waals surface area contributed by atoms with E-state index in [1.807, 2.05) is 6.92 Å². The lowest BCUT2D eigenvalue weighted by Gasteiger charge is -2.15. The highest BCUT2D eigenvalue weighted by atomic mass is 19.3. The number of nitrogens with one attached hydrogen (secondary N) is 1. The predicted octanol–water partition coefficient (Wildman–Crippen LogP) is 0.793. The van der Waals surface area contributed by atoms with Crippen LogP contribution in [0, 0.1) is 0 Å². The molecule has 0 spiro atoms. The maximum Gasteiger partial charge on any atom is 0.251 e. The summed E-state index contributed by atoms with van der Waals surface area (Å²) in [6, 6.07) is 0. The van der Waals surface area contributed by atoms with Crippen LogP contribution in [0.15, 0.2) is 0 Å². The molecule has 0 saturated heterocycles. The average Bonchev–Trinajstić information content (AvgIpc) is 1.86. The van der Waals surface area contributed by atoms with E-state index < -0.39 is 6.43 Å². The van der Waals surface area contributed by atoms with E-state index in [0.29, 0.717) is 6.54 Å². The Morgan fingerprint density at radius 2 is 2.09 bits per heavy atom. The Morgan fingerprint density at radius 3 is 2.55 bits per heavy atom. The summed E-state index contributed by atoms with van der Waals surface area (Å²) in [5.41, 5.74) is 0. The predicted molar refractivity (Wildman–Crippen MR) is 42.0 cm³/mol. The van der Waals surface area contributed by atoms with Crippen LogP contribution >= 0.6 is 0 Å². The number of alkyl halides is 2. The van der Waals surface area contributed by atoms with Crippen molar-refractivity contribution >= 4 is 0 Å². The number of hydrogen-bond acceptors (Lipinski definition) is 2. The molecule has 0 aliphatic rings. The van der Waals surface area contributed by atoms with Gasteiger partial charge in [0.1, 0.15) is 0 Å². The molecule has 0 heterocycles. The van der Waals surface area contributed by atoms with Crippen molar-refractivity contribution in [2.24, 2.45) is 0 Å². The highest BCUT2D eigenvalue weighted by molar-refractivity contribution is 4.54. The van der Waals surface area contributed by atoms with Gasteiger partial charge in [-0.3, -0.25) is 4.90 Å². The highest BCUT2D eigenvalue weighted by Crippen LogP contribution is 1.93. The van der Waals surface area contributed by atoms with Gasteiger partial charge in [-0.2, -0.15) is 0 Å². The molecule has 4 heteroatoms. The van der Waals surface area contributed by atoms with Crippen LogP contribution in [-0.4, -0.2) is 44.6 Å². The van der Waals surface area contributed by atoms with E-state index in [1.165, 1.54) is 0 Å². The minimum atomic E-state index is -2.22. The summed E-state index contributed by atoms with van der Waals surface area (Å²) in [6.07, 6.45) is -2.22. The molecule has 0 aromatic carbocycles. The van der Waals surface area contributed by atoms with Gasteiger partial charge < -0.3 is 5.32 Å². The summed E-state index contributed by atoms with van der Waals surface area (Å²) in [5.74, 6) is 0. The van der Waals surface area contributed by atoms with E-state index in [9.17, 15) is 8.78 Å². The van der Waals surface area contributed by atoms with E-state index in [-0.39, 0.29) is 6.54 Å². The second-order valence-electron chi connectivity index (χ2n) is 2.51. The summed E-state index contributed by atoms with van der Waals surface area (Å²) in [5, 5.41) is 3.07. The first-order chi connectivity index (χ1) is 5.16. The number of hydrogen-bond donors (Lipinski definition) is 1. The van der Waals surface area contributed by atoms with Crippen LogP contribution in [0.1, 0.15) is 6.92 Å². The SMILES string of the molecule is CCNCCN(C)CC(F)F. The minimum absolute atomic E-state index is 0.134. The zero-order valence-electron chi connectivity index (χ0n) is 7.11. The molecule has 2 nitrogen and oxygen atoms in total. The molecule has 68 valence electrons. The van der Waals surface area contributed by atoms with Crippen molar-refractivity contribution in [3.8, 4) is 0 Å². The third-order valence-electron chi connectivity index (χ3n) is 1.37. The van der Waals surface area contributed by atoms with Gasteiger partial charge in [0.05, 0.1) is 6.54 Å². The average molecular weight is 166 g/mol. The van der Waals surface area contributed by atoms with E-state index in [4.69, 9.17) is 0 Å². The van der Waals surface area contributed by atoms with Crippen LogP contribution in [-0.2, 0) is 0 Å². The van der Waals surface area contributed by atoms with Crippen molar-refractivity contribution in [2.45, 2.75) is 13.3 Å².